The summed E-state index contributed by atoms with van der Waals surface area (Å²) >= 11 is 0. The number of methoxy groups -OCH3 is 1. The predicted octanol–water partition coefficient (Wildman–Crippen LogP) is 3.63. The Balaban J connectivity index is 2.24. The first-order valence-electron chi connectivity index (χ1n) is 6.93. The van der Waals surface area contributed by atoms with Crippen LogP contribution < -0.4 is 10.1 Å². The van der Waals surface area contributed by atoms with Gasteiger partial charge in [0.25, 0.3) is 0 Å². The smallest absolute Gasteiger partial charge is 0.160 e. The molecule has 2 aromatic carbocycles. The Morgan fingerprint density at radius 3 is 2.48 bits per heavy atom. The predicted molar refractivity (Wildman–Crippen MR) is 83.8 cm³/mol. The number of aromatic hydroxyl groups is 1. The molecule has 4 heteroatoms. The number of hydrogen-bond donors (Lipinski definition) is 3. The van der Waals surface area contributed by atoms with Gasteiger partial charge in [0.15, 0.2) is 11.5 Å². The van der Waals surface area contributed by atoms with Gasteiger partial charge in [0.05, 0.1) is 13.2 Å². The first kappa shape index (κ1) is 15.2. The van der Waals surface area contributed by atoms with Crippen molar-refractivity contribution in [2.75, 3.05) is 12.4 Å². The number of aliphatic hydroxyl groups is 1. The molecule has 3 N–H and O–H groups in total. The molecule has 0 bridgehead atoms. The normalized spacial score (nSPS) is 13.5. The molecule has 112 valence electrons. The average molecular weight is 287 g/mol. The molecule has 0 radical (unpaired) electrons. The molecule has 0 saturated heterocycles. The van der Waals surface area contributed by atoms with Crippen molar-refractivity contribution in [1.82, 2.24) is 0 Å². The van der Waals surface area contributed by atoms with Crippen LogP contribution in [0.4, 0.5) is 5.69 Å². The lowest BCUT2D eigenvalue weighted by molar-refractivity contribution is 0.200. The van der Waals surface area contributed by atoms with Gasteiger partial charge in [-0.05, 0) is 37.6 Å². The van der Waals surface area contributed by atoms with Crippen molar-refractivity contribution in [1.29, 1.82) is 0 Å². The summed E-state index contributed by atoms with van der Waals surface area (Å²) in [7, 11) is 1.53. The van der Waals surface area contributed by atoms with Gasteiger partial charge in [-0.15, -0.1) is 0 Å². The molecule has 0 saturated carbocycles. The van der Waals surface area contributed by atoms with E-state index in [1.54, 1.807) is 19.1 Å². The zero-order valence-corrected chi connectivity index (χ0v) is 12.5. The van der Waals surface area contributed by atoms with Crippen LogP contribution in [0.25, 0.3) is 0 Å². The van der Waals surface area contributed by atoms with E-state index < -0.39 is 6.10 Å². The lowest BCUT2D eigenvalue weighted by Crippen LogP contribution is -2.09. The van der Waals surface area contributed by atoms with Crippen LogP contribution in [-0.2, 0) is 0 Å². The summed E-state index contributed by atoms with van der Waals surface area (Å²) in [5.74, 6) is 0.572. The highest BCUT2D eigenvalue weighted by Gasteiger charge is 2.12. The summed E-state index contributed by atoms with van der Waals surface area (Å²) < 4.78 is 5.13. The summed E-state index contributed by atoms with van der Waals surface area (Å²) in [4.78, 5) is 0. The van der Waals surface area contributed by atoms with Gasteiger partial charge >= 0.3 is 0 Å². The number of aliphatic hydroxyl groups excluding tert-OH is 1. The second kappa shape index (κ2) is 6.50. The maximum Gasteiger partial charge on any atom is 0.160 e. The van der Waals surface area contributed by atoms with Gasteiger partial charge in [0.2, 0.25) is 0 Å². The summed E-state index contributed by atoms with van der Waals surface area (Å²) in [6, 6.07) is 13.0. The van der Waals surface area contributed by atoms with Crippen LogP contribution in [0.15, 0.2) is 42.5 Å². The zero-order chi connectivity index (χ0) is 15.4. The van der Waals surface area contributed by atoms with Crippen molar-refractivity contribution in [3.63, 3.8) is 0 Å². The maximum atomic E-state index is 9.81. The Kier molecular flexibility index (Phi) is 4.70. The van der Waals surface area contributed by atoms with Crippen molar-refractivity contribution in [2.45, 2.75) is 26.0 Å². The number of ether oxygens (including phenoxy) is 1. The molecule has 4 nitrogen and oxygen atoms in total. The number of anilines is 1. The summed E-state index contributed by atoms with van der Waals surface area (Å²) in [5.41, 5.74) is 2.74. The van der Waals surface area contributed by atoms with Crippen LogP contribution in [0.1, 0.15) is 37.1 Å². The number of benzene rings is 2. The van der Waals surface area contributed by atoms with Gasteiger partial charge in [0.1, 0.15) is 0 Å². The molecular weight excluding hydrogens is 266 g/mol. The lowest BCUT2D eigenvalue weighted by Gasteiger charge is -2.20. The minimum absolute atomic E-state index is 0.0133. The molecule has 0 heterocycles. The van der Waals surface area contributed by atoms with E-state index in [2.05, 4.69) is 5.32 Å². The molecule has 2 atom stereocenters. The third-order valence-corrected chi connectivity index (χ3v) is 3.49. The molecule has 0 aliphatic rings. The van der Waals surface area contributed by atoms with E-state index in [4.69, 9.17) is 4.74 Å². The highest BCUT2D eigenvalue weighted by molar-refractivity contribution is 5.54. The number of para-hydroxylation sites is 1. The largest absolute Gasteiger partial charge is 0.504 e. The fraction of sp³-hybridized carbons (Fsp3) is 0.294. The van der Waals surface area contributed by atoms with Crippen molar-refractivity contribution < 1.29 is 14.9 Å². The Morgan fingerprint density at radius 1 is 1.10 bits per heavy atom. The molecule has 2 rings (SSSR count). The topological polar surface area (TPSA) is 61.7 Å². The zero-order valence-electron chi connectivity index (χ0n) is 12.5. The van der Waals surface area contributed by atoms with E-state index in [1.165, 1.54) is 7.11 Å². The van der Waals surface area contributed by atoms with Crippen molar-refractivity contribution in [3.05, 3.63) is 53.6 Å². The number of phenolic OH excluding ortho intramolecular Hbond substituents is 1. The molecule has 2 unspecified atom stereocenters. The quantitative estimate of drug-likeness (QED) is 0.786. The minimum atomic E-state index is -0.532. The lowest BCUT2D eigenvalue weighted by atomic mass is 10.0. The molecular formula is C17H21NO3. The SMILES string of the molecule is COc1cc(C(C)Nc2ccccc2C(C)O)ccc1O. The van der Waals surface area contributed by atoms with Crippen LogP contribution in [0, 0.1) is 0 Å². The number of rotatable bonds is 5. The van der Waals surface area contributed by atoms with Crippen LogP contribution in [0.3, 0.4) is 0 Å². The first-order chi connectivity index (χ1) is 10.0. The molecule has 2 aromatic rings. The van der Waals surface area contributed by atoms with E-state index in [9.17, 15) is 10.2 Å². The monoisotopic (exact) mass is 287 g/mol. The second-order valence-electron chi connectivity index (χ2n) is 5.06. The van der Waals surface area contributed by atoms with E-state index in [0.29, 0.717) is 5.75 Å². The Hall–Kier alpha value is -2.20. The number of phenols is 1. The molecule has 0 aromatic heterocycles. The second-order valence-corrected chi connectivity index (χ2v) is 5.06. The Morgan fingerprint density at radius 2 is 1.81 bits per heavy atom. The van der Waals surface area contributed by atoms with Crippen molar-refractivity contribution in [2.24, 2.45) is 0 Å². The van der Waals surface area contributed by atoms with E-state index in [1.807, 2.05) is 37.3 Å². The molecule has 0 amide bonds. The maximum absolute atomic E-state index is 9.81. The molecule has 21 heavy (non-hydrogen) atoms. The fourth-order valence-electron chi connectivity index (χ4n) is 2.27. The van der Waals surface area contributed by atoms with E-state index in [0.717, 1.165) is 16.8 Å². The minimum Gasteiger partial charge on any atom is -0.504 e. The van der Waals surface area contributed by atoms with E-state index >= 15 is 0 Å². The van der Waals surface area contributed by atoms with Gasteiger partial charge in [-0.1, -0.05) is 24.3 Å². The third-order valence-electron chi connectivity index (χ3n) is 3.49. The molecule has 0 fully saturated rings. The molecule has 0 aliphatic heterocycles. The summed E-state index contributed by atoms with van der Waals surface area (Å²) in [6.45, 7) is 3.76. The standard InChI is InChI=1S/C17H21NO3/c1-11(13-8-9-16(20)17(10-13)21-3)18-15-7-5-4-6-14(15)12(2)19/h4-12,18-20H,1-3H3. The van der Waals surface area contributed by atoms with Crippen LogP contribution in [-0.4, -0.2) is 17.3 Å². The fourth-order valence-corrected chi connectivity index (χ4v) is 2.27. The number of nitrogens with one attached hydrogen (secondary N) is 1. The Bertz CT molecular complexity index is 611. The van der Waals surface area contributed by atoms with Gasteiger partial charge in [0, 0.05) is 17.3 Å². The van der Waals surface area contributed by atoms with Crippen molar-refractivity contribution in [3.8, 4) is 11.5 Å². The van der Waals surface area contributed by atoms with Crippen LogP contribution >= 0.6 is 0 Å². The summed E-state index contributed by atoms with van der Waals surface area (Å²) in [5, 5.41) is 22.8. The highest BCUT2D eigenvalue weighted by atomic mass is 16.5. The van der Waals surface area contributed by atoms with Crippen LogP contribution in [0.2, 0.25) is 0 Å². The third kappa shape index (κ3) is 3.47. The Labute approximate surface area is 125 Å². The van der Waals surface area contributed by atoms with Gasteiger partial charge in [-0.3, -0.25) is 0 Å². The molecule has 0 aliphatic carbocycles. The highest BCUT2D eigenvalue weighted by Crippen LogP contribution is 2.31. The average Bonchev–Trinajstić information content (AvgIpc) is 2.48. The summed E-state index contributed by atoms with van der Waals surface area (Å²) in [6.07, 6.45) is -0.532. The van der Waals surface area contributed by atoms with Gasteiger partial charge in [-0.25, -0.2) is 0 Å². The van der Waals surface area contributed by atoms with Gasteiger partial charge < -0.3 is 20.3 Å². The first-order valence-corrected chi connectivity index (χ1v) is 6.93. The van der Waals surface area contributed by atoms with Crippen LogP contribution in [0.5, 0.6) is 11.5 Å². The van der Waals surface area contributed by atoms with E-state index in [-0.39, 0.29) is 11.8 Å². The van der Waals surface area contributed by atoms with Gasteiger partial charge in [-0.2, -0.15) is 0 Å². The van der Waals surface area contributed by atoms with Crippen molar-refractivity contribution >= 4 is 5.69 Å². The molecule has 0 spiro atoms. The number of hydrogen-bond acceptors (Lipinski definition) is 4.